The average Bonchev–Trinajstić information content (AvgIpc) is 3.68. The normalized spacial score (nSPS) is 28.9. The summed E-state index contributed by atoms with van der Waals surface area (Å²) in [5, 5.41) is 3.86. The van der Waals surface area contributed by atoms with Gasteiger partial charge in [0.1, 0.15) is 0 Å². The van der Waals surface area contributed by atoms with Crippen molar-refractivity contribution in [1.29, 1.82) is 0 Å². The Morgan fingerprint density at radius 1 is 0.706 bits per heavy atom. The molecule has 1 saturated heterocycles. The third-order valence-electron chi connectivity index (χ3n) is 19.9. The molecular weight excluding hydrogens is 821 g/mol. The van der Waals surface area contributed by atoms with E-state index in [1.54, 1.807) is 0 Å². The molecule has 0 aromatic rings. The zero-order chi connectivity index (χ0) is 48.6. The summed E-state index contributed by atoms with van der Waals surface area (Å²) in [5.74, 6) is 7.13. The van der Waals surface area contributed by atoms with Crippen LogP contribution < -0.4 is 5.32 Å². The van der Waals surface area contributed by atoms with E-state index in [9.17, 15) is 0 Å². The van der Waals surface area contributed by atoms with Gasteiger partial charge in [0.15, 0.2) is 0 Å². The van der Waals surface area contributed by atoms with Crippen molar-refractivity contribution in [2.24, 2.45) is 58.2 Å². The third-order valence-corrected chi connectivity index (χ3v) is 19.9. The predicted octanol–water partition coefficient (Wildman–Crippen LogP) is 20.1. The van der Waals surface area contributed by atoms with Gasteiger partial charge in [0.05, 0.1) is 0 Å². The fourth-order valence-electron chi connectivity index (χ4n) is 15.5. The van der Waals surface area contributed by atoms with Crippen molar-refractivity contribution in [3.05, 3.63) is 60.4 Å². The lowest BCUT2D eigenvalue weighted by Gasteiger charge is -2.58. The van der Waals surface area contributed by atoms with Gasteiger partial charge in [-0.1, -0.05) is 193 Å². The van der Waals surface area contributed by atoms with Crippen molar-refractivity contribution in [1.82, 2.24) is 10.2 Å². The van der Waals surface area contributed by atoms with Crippen LogP contribution in [0.15, 0.2) is 60.4 Å². The van der Waals surface area contributed by atoms with Gasteiger partial charge in [0.25, 0.3) is 0 Å². The molecule has 0 bridgehead atoms. The van der Waals surface area contributed by atoms with Gasteiger partial charge in [-0.15, -0.1) is 0 Å². The van der Waals surface area contributed by atoms with Crippen LogP contribution in [0, 0.1) is 58.2 Å². The van der Waals surface area contributed by atoms with E-state index in [0.717, 1.165) is 66.6 Å². The van der Waals surface area contributed by atoms with E-state index in [2.05, 4.69) is 102 Å². The van der Waals surface area contributed by atoms with Crippen LogP contribution >= 0.6 is 0 Å². The Kier molecular flexibility index (Phi) is 26.3. The summed E-state index contributed by atoms with van der Waals surface area (Å²) in [6, 6.07) is 0.321. The van der Waals surface area contributed by atoms with Crippen molar-refractivity contribution in [3.63, 3.8) is 0 Å². The van der Waals surface area contributed by atoms with Crippen LogP contribution in [0.5, 0.6) is 0 Å². The molecule has 3 saturated carbocycles. The molecule has 4 fully saturated rings. The molecule has 10 atom stereocenters. The van der Waals surface area contributed by atoms with E-state index in [1.807, 2.05) is 5.57 Å². The van der Waals surface area contributed by atoms with Gasteiger partial charge in [-0.3, -0.25) is 0 Å². The van der Waals surface area contributed by atoms with Gasteiger partial charge < -0.3 is 10.2 Å². The lowest BCUT2D eigenvalue weighted by molar-refractivity contribution is -0.0527. The Balaban J connectivity index is 0.928. The number of rotatable bonds is 35. The van der Waals surface area contributed by atoms with E-state index in [4.69, 9.17) is 0 Å². The summed E-state index contributed by atoms with van der Waals surface area (Å²) >= 11 is 0. The summed E-state index contributed by atoms with van der Waals surface area (Å²) in [5.41, 5.74) is 5.50. The summed E-state index contributed by atoms with van der Waals surface area (Å²) in [7, 11) is 0. The highest BCUT2D eigenvalue weighted by molar-refractivity contribution is 5.26. The molecule has 2 heteroatoms. The number of nitrogens with zero attached hydrogens (tertiary/aromatic N) is 1. The molecule has 390 valence electrons. The van der Waals surface area contributed by atoms with Gasteiger partial charge in [-0.05, 0) is 207 Å². The molecule has 5 aliphatic rings. The van der Waals surface area contributed by atoms with Crippen LogP contribution in [0.4, 0.5) is 0 Å². The second-order valence-corrected chi connectivity index (χ2v) is 25.6. The molecular formula is C66H116N2. The van der Waals surface area contributed by atoms with Crippen molar-refractivity contribution in [3.8, 4) is 0 Å². The van der Waals surface area contributed by atoms with E-state index < -0.39 is 0 Å². The lowest BCUT2D eigenvalue weighted by Crippen LogP contribution is -2.50. The Labute approximate surface area is 425 Å². The van der Waals surface area contributed by atoms with Crippen molar-refractivity contribution in [2.45, 2.75) is 279 Å². The first-order valence-corrected chi connectivity index (χ1v) is 30.8. The highest BCUT2D eigenvalue weighted by atomic mass is 15.1. The van der Waals surface area contributed by atoms with Crippen LogP contribution in [0.25, 0.3) is 0 Å². The summed E-state index contributed by atoms with van der Waals surface area (Å²) < 4.78 is 0. The Morgan fingerprint density at radius 2 is 1.37 bits per heavy atom. The fourth-order valence-corrected chi connectivity index (χ4v) is 15.5. The van der Waals surface area contributed by atoms with Crippen molar-refractivity contribution >= 4 is 0 Å². The van der Waals surface area contributed by atoms with Crippen LogP contribution in [-0.4, -0.2) is 30.6 Å². The minimum atomic E-state index is 0.321. The van der Waals surface area contributed by atoms with Crippen LogP contribution in [0.1, 0.15) is 273 Å². The molecule has 0 amide bonds. The van der Waals surface area contributed by atoms with Crippen LogP contribution in [0.3, 0.4) is 0 Å². The first-order chi connectivity index (χ1) is 32.9. The summed E-state index contributed by atoms with van der Waals surface area (Å²) in [6.45, 7) is 30.8. The first kappa shape index (κ1) is 57.4. The van der Waals surface area contributed by atoms with Crippen LogP contribution in [0.2, 0.25) is 0 Å². The van der Waals surface area contributed by atoms with E-state index in [-0.39, 0.29) is 0 Å². The van der Waals surface area contributed by atoms with Crippen molar-refractivity contribution < 1.29 is 0 Å². The number of hydrogen-bond acceptors (Lipinski definition) is 2. The second kappa shape index (κ2) is 31.1. The minimum absolute atomic E-state index is 0.321. The molecule has 10 unspecified atom stereocenters. The Morgan fingerprint density at radius 3 is 2.06 bits per heavy atom. The third kappa shape index (κ3) is 18.5. The molecule has 2 nitrogen and oxygen atoms in total. The molecule has 4 aliphatic carbocycles. The second-order valence-electron chi connectivity index (χ2n) is 25.6. The summed E-state index contributed by atoms with van der Waals surface area (Å²) in [6.07, 6.45) is 60.6. The lowest BCUT2D eigenvalue weighted by atomic mass is 9.46. The van der Waals surface area contributed by atoms with Gasteiger partial charge in [0, 0.05) is 18.3 Å². The first-order valence-electron chi connectivity index (χ1n) is 30.8. The molecule has 1 heterocycles. The van der Waals surface area contributed by atoms with Gasteiger partial charge in [-0.25, -0.2) is 0 Å². The van der Waals surface area contributed by atoms with E-state index in [0.29, 0.717) is 16.9 Å². The maximum Gasteiger partial charge on any atom is 0.0439 e. The monoisotopic (exact) mass is 937 g/mol. The Bertz CT molecular complexity index is 1490. The number of allylic oxidation sites excluding steroid dienone is 7. The average molecular weight is 938 g/mol. The van der Waals surface area contributed by atoms with Gasteiger partial charge >= 0.3 is 0 Å². The smallest absolute Gasteiger partial charge is 0.0439 e. The highest BCUT2D eigenvalue weighted by Crippen LogP contribution is 2.67. The molecule has 1 N–H and O–H groups in total. The maximum absolute atomic E-state index is 4.62. The minimum Gasteiger partial charge on any atom is -0.383 e. The number of fused-ring (bicyclic) bond motifs is 5. The standard InChI is InChI=1S/C66H116N2/c1-10-11-12-13-14-15-16-17-18-19-20-21-22-23-24-25-26-30-38-58(52-68-48-32-28-33-49-68)39-31-27-29-36-54(4)57(7)67-56(6)50-59-44-46-65(8)60(51-59)40-41-61-63-43-42-62(55(5)37-34-35-53(2)3)66(63,9)47-45-64(61)65/h14-15,17-18,40,53,55,57-59,61-64,67H,4,6,10-13,16,19-39,41-52H2,1-3,5,7-9H3/b15-14-,18-17-. The SMILES string of the molecule is C=C(CC1CCC2(C)C(=CCC3C2CCC2(C)C(C(C)CCCC(C)C)CCC32)C1)NC(C)C(=C)CCCCCC(CCCCCCCCCC/C=C\C/C=C\CCCCC)CN1CCCCC1. The topological polar surface area (TPSA) is 15.3 Å². The van der Waals surface area contributed by atoms with Gasteiger partial charge in [0.2, 0.25) is 0 Å². The maximum atomic E-state index is 4.62. The van der Waals surface area contributed by atoms with Crippen LogP contribution in [-0.2, 0) is 0 Å². The zero-order valence-corrected chi connectivity index (χ0v) is 46.8. The number of hydrogen-bond donors (Lipinski definition) is 1. The predicted molar refractivity (Wildman–Crippen MR) is 302 cm³/mol. The van der Waals surface area contributed by atoms with E-state index in [1.165, 1.54) is 236 Å². The molecule has 0 aromatic carbocycles. The Hall–Kier alpha value is -1.54. The van der Waals surface area contributed by atoms with Gasteiger partial charge in [-0.2, -0.15) is 0 Å². The molecule has 0 aromatic heterocycles. The number of likely N-dealkylation sites (tertiary alicyclic amines) is 1. The van der Waals surface area contributed by atoms with E-state index >= 15 is 0 Å². The zero-order valence-electron chi connectivity index (χ0n) is 46.8. The largest absolute Gasteiger partial charge is 0.383 e. The summed E-state index contributed by atoms with van der Waals surface area (Å²) in [4.78, 5) is 2.82. The molecule has 0 radical (unpaired) electrons. The number of piperidine rings is 1. The molecule has 0 spiro atoms. The fraction of sp³-hybridized carbons (Fsp3) is 0.848. The number of unbranched alkanes of at least 4 members (excludes halogenated alkanes) is 13. The highest BCUT2D eigenvalue weighted by Gasteiger charge is 2.59. The molecule has 1 aliphatic heterocycles. The number of nitrogens with one attached hydrogen (secondary N) is 1. The van der Waals surface area contributed by atoms with Crippen molar-refractivity contribution in [2.75, 3.05) is 19.6 Å². The molecule has 68 heavy (non-hydrogen) atoms. The molecule has 5 rings (SSSR count). The quantitative estimate of drug-likeness (QED) is 0.0503.